The number of nitrogens with zero attached hydrogens (tertiary/aromatic N) is 2. The number of aromatic nitrogens is 1. The van der Waals surface area contributed by atoms with Gasteiger partial charge in [0.25, 0.3) is 5.91 Å². The van der Waals surface area contributed by atoms with Crippen molar-refractivity contribution >= 4 is 22.9 Å². The van der Waals surface area contributed by atoms with E-state index in [1.807, 2.05) is 6.07 Å². The topological polar surface area (TPSA) is 80.5 Å². The van der Waals surface area contributed by atoms with Crippen LogP contribution in [0.2, 0.25) is 0 Å². The molecule has 2 aromatic heterocycles. The van der Waals surface area contributed by atoms with Crippen molar-refractivity contribution in [3.05, 3.63) is 46.4 Å². The van der Waals surface area contributed by atoms with Gasteiger partial charge in [-0.25, -0.2) is 0 Å². The molecule has 6 nitrogen and oxygen atoms in total. The Hall–Kier alpha value is -1.96. The number of rotatable bonds is 6. The Kier molecular flexibility index (Phi) is 5.22. The molecule has 1 unspecified atom stereocenters. The summed E-state index contributed by atoms with van der Waals surface area (Å²) in [6.07, 6.45) is 1.59. The molecular weight excluding hydrogens is 312 g/mol. The van der Waals surface area contributed by atoms with Gasteiger partial charge >= 0.3 is 0 Å². The van der Waals surface area contributed by atoms with E-state index >= 15 is 0 Å². The second-order valence-corrected chi connectivity index (χ2v) is 6.33. The van der Waals surface area contributed by atoms with Gasteiger partial charge in [0.05, 0.1) is 19.3 Å². The normalized spacial score (nSPS) is 16.9. The minimum atomic E-state index is -0.517. The molecule has 7 heteroatoms. The molecule has 23 heavy (non-hydrogen) atoms. The lowest BCUT2D eigenvalue weighted by Gasteiger charge is -2.34. The van der Waals surface area contributed by atoms with Crippen LogP contribution in [0.1, 0.15) is 21.4 Å². The summed E-state index contributed by atoms with van der Waals surface area (Å²) in [6, 6.07) is 8.05. The van der Waals surface area contributed by atoms with Crippen molar-refractivity contribution < 1.29 is 9.53 Å². The third kappa shape index (κ3) is 4.07. The van der Waals surface area contributed by atoms with Crippen LogP contribution in [0.3, 0.4) is 0 Å². The summed E-state index contributed by atoms with van der Waals surface area (Å²) < 4.78 is 5.45. The number of nitrogens with one attached hydrogen (secondary N) is 1. The monoisotopic (exact) mass is 332 g/mol. The van der Waals surface area contributed by atoms with E-state index < -0.39 is 5.91 Å². The zero-order valence-corrected chi connectivity index (χ0v) is 13.6. The Morgan fingerprint density at radius 2 is 2.26 bits per heavy atom. The van der Waals surface area contributed by atoms with E-state index in [-0.39, 0.29) is 11.7 Å². The predicted molar refractivity (Wildman–Crippen MR) is 90.7 cm³/mol. The molecule has 1 amide bonds. The molecular formula is C16H20N4O2S. The summed E-state index contributed by atoms with van der Waals surface area (Å²) in [7, 11) is 0. The van der Waals surface area contributed by atoms with Gasteiger partial charge in [-0.3, -0.25) is 14.7 Å². The lowest BCUT2D eigenvalue weighted by atomic mass is 10.2. The van der Waals surface area contributed by atoms with Crippen LogP contribution in [0.4, 0.5) is 5.69 Å². The van der Waals surface area contributed by atoms with Crippen LogP contribution in [0.15, 0.2) is 35.8 Å². The van der Waals surface area contributed by atoms with Crippen LogP contribution in [-0.4, -0.2) is 48.6 Å². The Morgan fingerprint density at radius 3 is 2.96 bits per heavy atom. The Morgan fingerprint density at radius 1 is 1.43 bits per heavy atom. The molecule has 0 radical (unpaired) electrons. The highest BCUT2D eigenvalue weighted by Crippen LogP contribution is 2.26. The number of ether oxygens (including phenoxy) is 1. The van der Waals surface area contributed by atoms with Crippen molar-refractivity contribution in [3.8, 4) is 0 Å². The maximum atomic E-state index is 11.2. The van der Waals surface area contributed by atoms with Gasteiger partial charge in [-0.05, 0) is 23.6 Å². The van der Waals surface area contributed by atoms with E-state index in [0.717, 1.165) is 38.5 Å². The van der Waals surface area contributed by atoms with Crippen molar-refractivity contribution in [1.82, 2.24) is 9.88 Å². The molecule has 0 aromatic carbocycles. The zero-order chi connectivity index (χ0) is 16.1. The van der Waals surface area contributed by atoms with Crippen molar-refractivity contribution in [2.75, 3.05) is 38.2 Å². The molecule has 1 fully saturated rings. The molecule has 1 atom stereocenters. The highest BCUT2D eigenvalue weighted by Gasteiger charge is 2.23. The third-order valence-electron chi connectivity index (χ3n) is 3.87. The molecule has 1 aliphatic rings. The van der Waals surface area contributed by atoms with Crippen LogP contribution < -0.4 is 11.1 Å². The molecule has 3 rings (SSSR count). The number of thiophene rings is 1. The minimum absolute atomic E-state index is 0.272. The van der Waals surface area contributed by atoms with Crippen molar-refractivity contribution in [1.29, 1.82) is 0 Å². The highest BCUT2D eigenvalue weighted by molar-refractivity contribution is 7.10. The van der Waals surface area contributed by atoms with E-state index in [1.54, 1.807) is 23.6 Å². The minimum Gasteiger partial charge on any atom is -0.383 e. The first-order chi connectivity index (χ1) is 11.2. The van der Waals surface area contributed by atoms with Crippen LogP contribution in [-0.2, 0) is 4.74 Å². The molecule has 122 valence electrons. The van der Waals surface area contributed by atoms with E-state index in [0.29, 0.717) is 0 Å². The van der Waals surface area contributed by atoms with Gasteiger partial charge in [0.15, 0.2) is 0 Å². The molecule has 0 saturated carbocycles. The van der Waals surface area contributed by atoms with Crippen LogP contribution in [0.5, 0.6) is 0 Å². The van der Waals surface area contributed by atoms with E-state index in [9.17, 15) is 4.79 Å². The van der Waals surface area contributed by atoms with Gasteiger partial charge in [-0.2, -0.15) is 0 Å². The maximum Gasteiger partial charge on any atom is 0.267 e. The van der Waals surface area contributed by atoms with Gasteiger partial charge in [0, 0.05) is 36.4 Å². The number of hydrogen-bond acceptors (Lipinski definition) is 6. The average molecular weight is 332 g/mol. The number of morpholine rings is 1. The summed E-state index contributed by atoms with van der Waals surface area (Å²) in [5, 5.41) is 5.50. The fourth-order valence-corrected chi connectivity index (χ4v) is 3.53. The van der Waals surface area contributed by atoms with E-state index in [1.165, 1.54) is 4.88 Å². The first-order valence-corrected chi connectivity index (χ1v) is 8.47. The Bertz CT molecular complexity index is 641. The third-order valence-corrected chi connectivity index (χ3v) is 4.84. The number of carbonyl (C=O) groups is 1. The molecule has 0 bridgehead atoms. The number of pyridine rings is 1. The first-order valence-electron chi connectivity index (χ1n) is 7.59. The van der Waals surface area contributed by atoms with Gasteiger partial charge in [-0.15, -0.1) is 11.3 Å². The number of anilines is 1. The molecule has 3 heterocycles. The van der Waals surface area contributed by atoms with Gasteiger partial charge in [0.2, 0.25) is 0 Å². The lowest BCUT2D eigenvalue weighted by molar-refractivity contribution is 0.0194. The van der Waals surface area contributed by atoms with Crippen LogP contribution >= 0.6 is 11.3 Å². The number of nitrogens with two attached hydrogens (primary N) is 1. The molecule has 2 aromatic rings. The second kappa shape index (κ2) is 7.54. The summed E-state index contributed by atoms with van der Waals surface area (Å²) in [5.74, 6) is -0.517. The highest BCUT2D eigenvalue weighted by atomic mass is 32.1. The standard InChI is InChI=1S/C16H20N4O2S/c17-16(21)13-10-12(3-4-18-13)19-11-14(15-2-1-9-23-15)20-5-7-22-8-6-20/h1-4,9-10,14H,5-8,11H2,(H2,17,21)(H,18,19). The largest absolute Gasteiger partial charge is 0.383 e. The quantitative estimate of drug-likeness (QED) is 0.842. The van der Waals surface area contributed by atoms with Gasteiger partial charge in [-0.1, -0.05) is 6.07 Å². The number of carbonyl (C=O) groups excluding carboxylic acids is 1. The van der Waals surface area contributed by atoms with Crippen molar-refractivity contribution in [3.63, 3.8) is 0 Å². The van der Waals surface area contributed by atoms with Crippen molar-refractivity contribution in [2.45, 2.75) is 6.04 Å². The summed E-state index contributed by atoms with van der Waals surface area (Å²) in [5.41, 5.74) is 6.41. The van der Waals surface area contributed by atoms with Crippen LogP contribution in [0, 0.1) is 0 Å². The zero-order valence-electron chi connectivity index (χ0n) is 12.8. The molecule has 3 N–H and O–H groups in total. The number of amides is 1. The summed E-state index contributed by atoms with van der Waals surface area (Å²) in [4.78, 5) is 19.0. The lowest BCUT2D eigenvalue weighted by Crippen LogP contribution is -2.41. The van der Waals surface area contributed by atoms with E-state index in [4.69, 9.17) is 10.5 Å². The molecule has 1 saturated heterocycles. The first kappa shape index (κ1) is 15.9. The number of hydrogen-bond donors (Lipinski definition) is 2. The average Bonchev–Trinajstić information content (AvgIpc) is 3.11. The van der Waals surface area contributed by atoms with Crippen molar-refractivity contribution in [2.24, 2.45) is 5.73 Å². The Balaban J connectivity index is 1.71. The SMILES string of the molecule is NC(=O)c1cc(NCC(c2cccs2)N2CCOCC2)ccn1. The predicted octanol–water partition coefficient (Wildman–Crippen LogP) is 1.73. The fraction of sp³-hybridized carbons (Fsp3) is 0.375. The smallest absolute Gasteiger partial charge is 0.267 e. The second-order valence-electron chi connectivity index (χ2n) is 5.35. The van der Waals surface area contributed by atoms with Gasteiger partial charge < -0.3 is 15.8 Å². The maximum absolute atomic E-state index is 11.2. The summed E-state index contributed by atoms with van der Waals surface area (Å²) in [6.45, 7) is 4.13. The fourth-order valence-electron chi connectivity index (χ4n) is 2.67. The summed E-state index contributed by atoms with van der Waals surface area (Å²) >= 11 is 1.76. The molecule has 0 aliphatic carbocycles. The van der Waals surface area contributed by atoms with E-state index in [2.05, 4.69) is 32.7 Å². The Labute approximate surface area is 139 Å². The van der Waals surface area contributed by atoms with Gasteiger partial charge in [0.1, 0.15) is 5.69 Å². The molecule has 0 spiro atoms. The molecule has 1 aliphatic heterocycles. The number of primary amides is 1. The van der Waals surface area contributed by atoms with Crippen LogP contribution in [0.25, 0.3) is 0 Å².